The van der Waals surface area contributed by atoms with E-state index < -0.39 is 11.9 Å². The predicted octanol–water partition coefficient (Wildman–Crippen LogP) is 3.23. The number of nitrogens with one attached hydrogen (secondary N) is 1. The lowest BCUT2D eigenvalue weighted by Crippen LogP contribution is -2.14. The van der Waals surface area contributed by atoms with Gasteiger partial charge in [0.05, 0.1) is 22.8 Å². The molecule has 0 unspecified atom stereocenters. The second-order valence-corrected chi connectivity index (χ2v) is 5.02. The van der Waals surface area contributed by atoms with Gasteiger partial charge in [-0.15, -0.1) is 11.3 Å². The first-order valence-electron chi connectivity index (χ1n) is 5.79. The summed E-state index contributed by atoms with van der Waals surface area (Å²) in [5.41, 5.74) is 0.572. The van der Waals surface area contributed by atoms with E-state index >= 15 is 0 Å². The minimum Gasteiger partial charge on any atom is -0.462 e. The maximum Gasteiger partial charge on any atom is 0.341 e. The summed E-state index contributed by atoms with van der Waals surface area (Å²) in [5, 5.41) is 5.06. The van der Waals surface area contributed by atoms with Crippen molar-refractivity contribution in [2.24, 2.45) is 0 Å². The Balaban J connectivity index is 2.19. The Kier molecular flexibility index (Phi) is 4.70. The molecule has 20 heavy (non-hydrogen) atoms. The van der Waals surface area contributed by atoms with Crippen molar-refractivity contribution in [3.05, 3.63) is 46.1 Å². The largest absolute Gasteiger partial charge is 0.462 e. The van der Waals surface area contributed by atoms with Gasteiger partial charge in [-0.25, -0.2) is 4.79 Å². The zero-order valence-electron chi connectivity index (χ0n) is 10.6. The van der Waals surface area contributed by atoms with Gasteiger partial charge in [-0.2, -0.15) is 0 Å². The number of rotatable bonds is 4. The highest BCUT2D eigenvalue weighted by Crippen LogP contribution is 2.25. The Hall–Kier alpha value is -1.92. The van der Waals surface area contributed by atoms with Gasteiger partial charge in [0.25, 0.3) is 5.91 Å². The lowest BCUT2D eigenvalue weighted by Gasteiger charge is -2.06. The van der Waals surface area contributed by atoms with E-state index in [1.165, 1.54) is 29.8 Å². The highest BCUT2D eigenvalue weighted by atomic mass is 35.5. The van der Waals surface area contributed by atoms with Crippen LogP contribution < -0.4 is 5.32 Å². The molecule has 0 aliphatic heterocycles. The first-order chi connectivity index (χ1) is 9.63. The van der Waals surface area contributed by atoms with E-state index in [1.807, 2.05) is 0 Å². The topological polar surface area (TPSA) is 68.3 Å². The Bertz CT molecular complexity index is 642. The summed E-state index contributed by atoms with van der Waals surface area (Å²) in [5.74, 6) is -0.891. The van der Waals surface area contributed by atoms with E-state index in [-0.39, 0.29) is 12.2 Å². The zero-order chi connectivity index (χ0) is 14.5. The minimum absolute atomic E-state index is 0.248. The van der Waals surface area contributed by atoms with Crippen molar-refractivity contribution in [3.63, 3.8) is 0 Å². The smallest absolute Gasteiger partial charge is 0.341 e. The van der Waals surface area contributed by atoms with Crippen LogP contribution in [0.25, 0.3) is 0 Å². The van der Waals surface area contributed by atoms with Crippen LogP contribution in [-0.2, 0) is 4.74 Å². The Morgan fingerprint density at radius 3 is 2.90 bits per heavy atom. The molecule has 2 aromatic rings. The van der Waals surface area contributed by atoms with Gasteiger partial charge in [-0.1, -0.05) is 11.6 Å². The van der Waals surface area contributed by atoms with Crippen LogP contribution >= 0.6 is 22.9 Å². The molecule has 0 fully saturated rings. The van der Waals surface area contributed by atoms with E-state index in [1.54, 1.807) is 18.4 Å². The van der Waals surface area contributed by atoms with Gasteiger partial charge in [0.15, 0.2) is 0 Å². The monoisotopic (exact) mass is 310 g/mol. The molecule has 0 spiro atoms. The van der Waals surface area contributed by atoms with E-state index in [4.69, 9.17) is 16.3 Å². The van der Waals surface area contributed by atoms with Crippen molar-refractivity contribution in [1.29, 1.82) is 0 Å². The normalized spacial score (nSPS) is 10.1. The third kappa shape index (κ3) is 3.15. The number of carbonyl (C=O) groups is 2. The Morgan fingerprint density at radius 2 is 2.20 bits per heavy atom. The van der Waals surface area contributed by atoms with Crippen molar-refractivity contribution in [1.82, 2.24) is 4.98 Å². The summed E-state index contributed by atoms with van der Waals surface area (Å²) in [4.78, 5) is 27.6. The van der Waals surface area contributed by atoms with Crippen LogP contribution in [0.5, 0.6) is 0 Å². The quantitative estimate of drug-likeness (QED) is 0.880. The van der Waals surface area contributed by atoms with Crippen LogP contribution in [0.15, 0.2) is 29.9 Å². The maximum atomic E-state index is 12.1. The van der Waals surface area contributed by atoms with Crippen molar-refractivity contribution < 1.29 is 14.3 Å². The standard InChI is InChI=1S/C13H11ClN2O3S/c1-2-19-13(18)8-4-6-20-12(8)16-11(17)9-7-15-5-3-10(9)14/h3-7H,2H2,1H3,(H,16,17). The molecule has 0 saturated heterocycles. The predicted molar refractivity (Wildman–Crippen MR) is 77.5 cm³/mol. The Labute approximate surface area is 124 Å². The third-order valence-corrected chi connectivity index (χ3v) is 3.56. The minimum atomic E-state index is -0.471. The number of carbonyl (C=O) groups excluding carboxylic acids is 2. The van der Waals surface area contributed by atoms with Gasteiger partial charge in [0, 0.05) is 12.4 Å². The molecule has 2 aromatic heterocycles. The van der Waals surface area contributed by atoms with Crippen molar-refractivity contribution in [3.8, 4) is 0 Å². The van der Waals surface area contributed by atoms with E-state index in [2.05, 4.69) is 10.3 Å². The number of hydrogen-bond donors (Lipinski definition) is 1. The number of esters is 1. The first kappa shape index (κ1) is 14.5. The van der Waals surface area contributed by atoms with Crippen LogP contribution in [0.3, 0.4) is 0 Å². The number of hydrogen-bond acceptors (Lipinski definition) is 5. The summed E-state index contributed by atoms with van der Waals surface area (Å²) in [6, 6.07) is 3.13. The summed E-state index contributed by atoms with van der Waals surface area (Å²) in [7, 11) is 0. The third-order valence-electron chi connectivity index (χ3n) is 2.40. The number of ether oxygens (including phenoxy) is 1. The van der Waals surface area contributed by atoms with Crippen LogP contribution in [-0.4, -0.2) is 23.5 Å². The lowest BCUT2D eigenvalue weighted by atomic mass is 10.2. The Morgan fingerprint density at radius 1 is 1.40 bits per heavy atom. The molecule has 7 heteroatoms. The molecule has 0 atom stereocenters. The number of aromatic nitrogens is 1. The van der Waals surface area contributed by atoms with Gasteiger partial charge in [0.2, 0.25) is 0 Å². The molecule has 0 aliphatic rings. The van der Waals surface area contributed by atoms with Crippen LogP contribution in [0, 0.1) is 0 Å². The highest BCUT2D eigenvalue weighted by molar-refractivity contribution is 7.14. The molecule has 2 heterocycles. The van der Waals surface area contributed by atoms with Gasteiger partial charge < -0.3 is 10.1 Å². The van der Waals surface area contributed by atoms with E-state index in [9.17, 15) is 9.59 Å². The fourth-order valence-corrected chi connectivity index (χ4v) is 2.45. The van der Waals surface area contributed by atoms with Crippen LogP contribution in [0.2, 0.25) is 5.02 Å². The second kappa shape index (κ2) is 6.49. The number of halogens is 1. The van der Waals surface area contributed by atoms with E-state index in [0.717, 1.165) is 0 Å². The van der Waals surface area contributed by atoms with Crippen LogP contribution in [0.4, 0.5) is 5.00 Å². The molecular formula is C13H11ClN2O3S. The van der Waals surface area contributed by atoms with Gasteiger partial charge >= 0.3 is 5.97 Å². The highest BCUT2D eigenvalue weighted by Gasteiger charge is 2.18. The summed E-state index contributed by atoms with van der Waals surface area (Å²) < 4.78 is 4.92. The summed E-state index contributed by atoms with van der Waals surface area (Å²) in [6.07, 6.45) is 2.86. The average molecular weight is 311 g/mol. The fraction of sp³-hybridized carbons (Fsp3) is 0.154. The molecule has 0 aromatic carbocycles. The molecule has 2 rings (SSSR count). The molecule has 0 bridgehead atoms. The number of amides is 1. The number of nitrogens with zero attached hydrogens (tertiary/aromatic N) is 1. The molecule has 1 amide bonds. The van der Waals surface area contributed by atoms with Gasteiger partial charge in [-0.05, 0) is 24.4 Å². The van der Waals surface area contributed by atoms with E-state index in [0.29, 0.717) is 15.6 Å². The first-order valence-corrected chi connectivity index (χ1v) is 7.04. The van der Waals surface area contributed by atoms with Gasteiger partial charge in [-0.3, -0.25) is 9.78 Å². The van der Waals surface area contributed by atoms with Crippen molar-refractivity contribution in [2.45, 2.75) is 6.92 Å². The van der Waals surface area contributed by atoms with Gasteiger partial charge in [0.1, 0.15) is 5.00 Å². The fourth-order valence-electron chi connectivity index (χ4n) is 1.49. The van der Waals surface area contributed by atoms with Crippen LogP contribution in [0.1, 0.15) is 27.6 Å². The molecular weight excluding hydrogens is 300 g/mol. The van der Waals surface area contributed by atoms with Crippen molar-refractivity contribution >= 4 is 39.8 Å². The SMILES string of the molecule is CCOC(=O)c1ccsc1NC(=O)c1cnccc1Cl. The summed E-state index contributed by atoms with van der Waals surface area (Å²) in [6.45, 7) is 1.99. The molecule has 0 aliphatic carbocycles. The number of pyridine rings is 1. The molecule has 0 saturated carbocycles. The number of anilines is 1. The molecule has 5 nitrogen and oxygen atoms in total. The maximum absolute atomic E-state index is 12.1. The molecule has 0 radical (unpaired) electrons. The number of thiophene rings is 1. The summed E-state index contributed by atoms with van der Waals surface area (Å²) >= 11 is 7.16. The molecule has 104 valence electrons. The zero-order valence-corrected chi connectivity index (χ0v) is 12.1. The average Bonchev–Trinajstić information content (AvgIpc) is 2.87. The second-order valence-electron chi connectivity index (χ2n) is 3.69. The lowest BCUT2D eigenvalue weighted by molar-refractivity contribution is 0.0528. The van der Waals surface area contributed by atoms with Crippen molar-refractivity contribution in [2.75, 3.05) is 11.9 Å². The molecule has 1 N–H and O–H groups in total.